The van der Waals surface area contributed by atoms with Gasteiger partial charge in [0.05, 0.1) is 0 Å². The van der Waals surface area contributed by atoms with E-state index in [1.54, 1.807) is 12.3 Å². The van der Waals surface area contributed by atoms with Gasteiger partial charge in [0.1, 0.15) is 5.69 Å². The molecule has 2 rings (SSSR count). The summed E-state index contributed by atoms with van der Waals surface area (Å²) in [5, 5.41) is 3.01. The van der Waals surface area contributed by atoms with E-state index >= 15 is 0 Å². The van der Waals surface area contributed by atoms with Crippen molar-refractivity contribution in [1.29, 1.82) is 0 Å². The largest absolute Gasteiger partial charge is 0.381 e. The summed E-state index contributed by atoms with van der Waals surface area (Å²) in [7, 11) is 0. The Labute approximate surface area is 115 Å². The minimum Gasteiger partial charge on any atom is -0.381 e. The lowest BCUT2D eigenvalue weighted by molar-refractivity contribution is 0.0537. The van der Waals surface area contributed by atoms with Crippen LogP contribution in [0.2, 0.25) is 0 Å². The Balaban J connectivity index is 1.91. The van der Waals surface area contributed by atoms with Gasteiger partial charge >= 0.3 is 0 Å². The number of ether oxygens (including phenoxy) is 1. The summed E-state index contributed by atoms with van der Waals surface area (Å²) >= 11 is 3.30. The van der Waals surface area contributed by atoms with Crippen LogP contribution in [0, 0.1) is 5.92 Å². The van der Waals surface area contributed by atoms with Gasteiger partial charge in [-0.15, -0.1) is 0 Å². The number of pyridine rings is 1. The molecule has 0 saturated carbocycles. The van der Waals surface area contributed by atoms with Crippen molar-refractivity contribution in [2.24, 2.45) is 5.92 Å². The number of nitrogens with zero attached hydrogens (tertiary/aromatic N) is 1. The van der Waals surface area contributed by atoms with E-state index in [0.717, 1.165) is 30.5 Å². The van der Waals surface area contributed by atoms with Gasteiger partial charge in [-0.1, -0.05) is 0 Å². The Morgan fingerprint density at radius 1 is 1.50 bits per heavy atom. The molecule has 0 aliphatic carbocycles. The average Bonchev–Trinajstić information content (AvgIpc) is 2.40. The summed E-state index contributed by atoms with van der Waals surface area (Å²) in [5.74, 6) is 0.389. The van der Waals surface area contributed by atoms with E-state index in [4.69, 9.17) is 4.74 Å². The van der Waals surface area contributed by atoms with Crippen molar-refractivity contribution in [1.82, 2.24) is 10.3 Å². The lowest BCUT2D eigenvalue weighted by Gasteiger charge is -2.28. The summed E-state index contributed by atoms with van der Waals surface area (Å²) in [6, 6.07) is 3.70. The lowest BCUT2D eigenvalue weighted by Crippen LogP contribution is -2.40. The van der Waals surface area contributed by atoms with Gasteiger partial charge in [-0.3, -0.25) is 4.79 Å². The molecule has 1 saturated heterocycles. The molecule has 1 amide bonds. The van der Waals surface area contributed by atoms with Crippen LogP contribution < -0.4 is 5.32 Å². The molecule has 1 atom stereocenters. The van der Waals surface area contributed by atoms with Crippen LogP contribution >= 0.6 is 15.9 Å². The monoisotopic (exact) mass is 312 g/mol. The number of rotatable bonds is 3. The fourth-order valence-electron chi connectivity index (χ4n) is 2.12. The molecule has 0 spiro atoms. The first-order valence-corrected chi connectivity index (χ1v) is 6.96. The van der Waals surface area contributed by atoms with E-state index in [2.05, 4.69) is 26.2 Å². The van der Waals surface area contributed by atoms with Crippen LogP contribution in [0.3, 0.4) is 0 Å². The third-order valence-electron chi connectivity index (χ3n) is 3.29. The van der Waals surface area contributed by atoms with Gasteiger partial charge in [-0.05, 0) is 53.7 Å². The molecule has 1 aliphatic heterocycles. The smallest absolute Gasteiger partial charge is 0.270 e. The zero-order chi connectivity index (χ0) is 13.0. The molecule has 1 N–H and O–H groups in total. The second-order valence-corrected chi connectivity index (χ2v) is 5.49. The lowest BCUT2D eigenvalue weighted by atomic mass is 9.93. The Hall–Kier alpha value is -0.940. The maximum atomic E-state index is 12.0. The quantitative estimate of drug-likeness (QED) is 0.932. The van der Waals surface area contributed by atoms with E-state index in [1.165, 1.54) is 0 Å². The van der Waals surface area contributed by atoms with Crippen molar-refractivity contribution in [3.05, 3.63) is 28.5 Å². The molecular formula is C13H17BrN2O2. The molecule has 98 valence electrons. The summed E-state index contributed by atoms with van der Waals surface area (Å²) in [6.07, 6.45) is 3.65. The third kappa shape index (κ3) is 3.53. The van der Waals surface area contributed by atoms with Crippen LogP contribution in [0.25, 0.3) is 0 Å². The summed E-state index contributed by atoms with van der Waals surface area (Å²) < 4.78 is 6.19. The Morgan fingerprint density at radius 2 is 2.22 bits per heavy atom. The number of nitrogens with one attached hydrogen (secondary N) is 1. The molecule has 1 unspecified atom stereocenters. The van der Waals surface area contributed by atoms with Crippen molar-refractivity contribution in [3.63, 3.8) is 0 Å². The molecule has 5 heteroatoms. The van der Waals surface area contributed by atoms with Crippen LogP contribution in [0.1, 0.15) is 30.3 Å². The van der Waals surface area contributed by atoms with Gasteiger partial charge in [-0.25, -0.2) is 4.98 Å². The molecule has 0 aromatic carbocycles. The highest BCUT2D eigenvalue weighted by Gasteiger charge is 2.22. The number of halogens is 1. The Morgan fingerprint density at radius 3 is 2.83 bits per heavy atom. The zero-order valence-corrected chi connectivity index (χ0v) is 11.9. The molecule has 0 bridgehead atoms. The molecule has 2 heterocycles. The van der Waals surface area contributed by atoms with Crippen molar-refractivity contribution < 1.29 is 9.53 Å². The van der Waals surface area contributed by atoms with Crippen molar-refractivity contribution in [2.75, 3.05) is 13.2 Å². The second-order valence-electron chi connectivity index (χ2n) is 4.57. The first kappa shape index (κ1) is 13.5. The topological polar surface area (TPSA) is 51.2 Å². The molecule has 1 aliphatic rings. The molecular weight excluding hydrogens is 296 g/mol. The van der Waals surface area contributed by atoms with Gasteiger partial charge < -0.3 is 10.1 Å². The van der Waals surface area contributed by atoms with Gasteiger partial charge in [-0.2, -0.15) is 0 Å². The van der Waals surface area contributed by atoms with E-state index < -0.39 is 0 Å². The SMILES string of the molecule is CC(NC(=O)c1ccc(Br)cn1)C1CCOCC1. The van der Waals surface area contributed by atoms with Crippen LogP contribution in [0.15, 0.2) is 22.8 Å². The van der Waals surface area contributed by atoms with Crippen molar-refractivity contribution in [3.8, 4) is 0 Å². The fraction of sp³-hybridized carbons (Fsp3) is 0.538. The minimum absolute atomic E-state index is 0.110. The predicted octanol–water partition coefficient (Wildman–Crippen LogP) is 2.39. The van der Waals surface area contributed by atoms with E-state index in [-0.39, 0.29) is 11.9 Å². The van der Waals surface area contributed by atoms with E-state index in [9.17, 15) is 4.79 Å². The second kappa shape index (κ2) is 6.29. The van der Waals surface area contributed by atoms with Gasteiger partial charge in [0, 0.05) is 29.9 Å². The fourth-order valence-corrected chi connectivity index (χ4v) is 2.36. The first-order chi connectivity index (χ1) is 8.66. The molecule has 1 aromatic heterocycles. The highest BCUT2D eigenvalue weighted by atomic mass is 79.9. The van der Waals surface area contributed by atoms with Crippen molar-refractivity contribution >= 4 is 21.8 Å². The van der Waals surface area contributed by atoms with Gasteiger partial charge in [0.25, 0.3) is 5.91 Å². The van der Waals surface area contributed by atoms with E-state index in [0.29, 0.717) is 11.6 Å². The maximum Gasteiger partial charge on any atom is 0.270 e. The van der Waals surface area contributed by atoms with Gasteiger partial charge in [0.2, 0.25) is 0 Å². The van der Waals surface area contributed by atoms with Crippen LogP contribution in [-0.2, 0) is 4.74 Å². The molecule has 0 radical (unpaired) electrons. The number of carbonyl (C=O) groups excluding carboxylic acids is 1. The summed E-state index contributed by atoms with van der Waals surface area (Å²) in [4.78, 5) is 16.1. The van der Waals surface area contributed by atoms with Crippen LogP contribution in [0.4, 0.5) is 0 Å². The highest BCUT2D eigenvalue weighted by molar-refractivity contribution is 9.10. The molecule has 1 aromatic rings. The number of carbonyl (C=O) groups is 1. The first-order valence-electron chi connectivity index (χ1n) is 6.17. The molecule has 18 heavy (non-hydrogen) atoms. The van der Waals surface area contributed by atoms with E-state index in [1.807, 2.05) is 13.0 Å². The van der Waals surface area contributed by atoms with Crippen LogP contribution in [0.5, 0.6) is 0 Å². The number of aromatic nitrogens is 1. The molecule has 4 nitrogen and oxygen atoms in total. The third-order valence-corrected chi connectivity index (χ3v) is 3.76. The average molecular weight is 313 g/mol. The standard InChI is InChI=1S/C13H17BrN2O2/c1-9(10-4-6-18-7-5-10)16-13(17)12-3-2-11(14)8-15-12/h2-3,8-10H,4-7H2,1H3,(H,16,17). The maximum absolute atomic E-state index is 12.0. The Kier molecular flexibility index (Phi) is 4.72. The number of amides is 1. The highest BCUT2D eigenvalue weighted by Crippen LogP contribution is 2.18. The summed E-state index contributed by atoms with van der Waals surface area (Å²) in [6.45, 7) is 3.63. The van der Waals surface area contributed by atoms with Crippen LogP contribution in [-0.4, -0.2) is 30.1 Å². The number of hydrogen-bond acceptors (Lipinski definition) is 3. The zero-order valence-electron chi connectivity index (χ0n) is 10.4. The molecule has 1 fully saturated rings. The summed E-state index contributed by atoms with van der Waals surface area (Å²) in [5.41, 5.74) is 0.456. The van der Waals surface area contributed by atoms with Gasteiger partial charge in [0.15, 0.2) is 0 Å². The van der Waals surface area contributed by atoms with Crippen molar-refractivity contribution in [2.45, 2.75) is 25.8 Å². The number of hydrogen-bond donors (Lipinski definition) is 1. The predicted molar refractivity (Wildman–Crippen MR) is 72.4 cm³/mol. The normalized spacial score (nSPS) is 18.3. The minimum atomic E-state index is -0.110. The Bertz CT molecular complexity index is 402.